The molecule has 0 bridgehead atoms. The first-order valence-electron chi connectivity index (χ1n) is 8.92. The van der Waals surface area contributed by atoms with Crippen LogP contribution in [0.1, 0.15) is 39.0 Å². The van der Waals surface area contributed by atoms with Gasteiger partial charge in [-0.2, -0.15) is 0 Å². The Bertz CT molecular complexity index is 372. The molecule has 2 N–H and O–H groups in total. The van der Waals surface area contributed by atoms with Crippen LogP contribution in [0.4, 0.5) is 0 Å². The standard InChI is InChI=1S/C17H33N3O3/c1-4-23-15-13-14(17(15)7-5-8-17)20-16(18-2)19-9-6-10-22-12-11-21-3/h14-15H,4-13H2,1-3H3,(H2,18,19,20). The smallest absolute Gasteiger partial charge is 0.191 e. The van der Waals surface area contributed by atoms with Gasteiger partial charge in [0, 0.05) is 45.4 Å². The van der Waals surface area contributed by atoms with E-state index >= 15 is 0 Å². The predicted molar refractivity (Wildman–Crippen MR) is 91.9 cm³/mol. The molecule has 0 heterocycles. The number of rotatable bonds is 10. The Morgan fingerprint density at radius 1 is 1.26 bits per heavy atom. The van der Waals surface area contributed by atoms with Crippen LogP contribution >= 0.6 is 0 Å². The maximum Gasteiger partial charge on any atom is 0.191 e. The summed E-state index contributed by atoms with van der Waals surface area (Å²) in [4.78, 5) is 4.34. The quantitative estimate of drug-likeness (QED) is 0.362. The lowest BCUT2D eigenvalue weighted by atomic mass is 9.51. The first kappa shape index (κ1) is 18.5. The zero-order valence-corrected chi connectivity index (χ0v) is 14.9. The highest BCUT2D eigenvalue weighted by Crippen LogP contribution is 2.57. The summed E-state index contributed by atoms with van der Waals surface area (Å²) in [6.07, 6.45) is 6.37. The van der Waals surface area contributed by atoms with Crippen molar-refractivity contribution >= 4 is 5.96 Å². The highest BCUT2D eigenvalue weighted by molar-refractivity contribution is 5.80. The van der Waals surface area contributed by atoms with Crippen molar-refractivity contribution in [3.63, 3.8) is 0 Å². The summed E-state index contributed by atoms with van der Waals surface area (Å²) >= 11 is 0. The van der Waals surface area contributed by atoms with Crippen LogP contribution in [0.3, 0.4) is 0 Å². The van der Waals surface area contributed by atoms with Gasteiger partial charge in [-0.15, -0.1) is 0 Å². The van der Waals surface area contributed by atoms with Crippen LogP contribution in [0.15, 0.2) is 4.99 Å². The first-order valence-corrected chi connectivity index (χ1v) is 8.92. The molecule has 2 aliphatic rings. The second-order valence-electron chi connectivity index (χ2n) is 6.42. The summed E-state index contributed by atoms with van der Waals surface area (Å²) in [5.41, 5.74) is 0.358. The maximum atomic E-state index is 5.90. The molecule has 0 aromatic heterocycles. The highest BCUT2D eigenvalue weighted by Gasteiger charge is 2.59. The second-order valence-corrected chi connectivity index (χ2v) is 6.42. The minimum atomic E-state index is 0.358. The fourth-order valence-corrected chi connectivity index (χ4v) is 3.63. The fraction of sp³-hybridized carbons (Fsp3) is 0.941. The molecule has 0 radical (unpaired) electrons. The number of nitrogens with zero attached hydrogens (tertiary/aromatic N) is 1. The predicted octanol–water partition coefficient (Wildman–Crippen LogP) is 1.55. The average molecular weight is 327 g/mol. The van der Waals surface area contributed by atoms with Crippen LogP contribution in [0.5, 0.6) is 0 Å². The number of methoxy groups -OCH3 is 1. The Labute approximate surface area is 140 Å². The Hall–Kier alpha value is -0.850. The van der Waals surface area contributed by atoms with Crippen LogP contribution < -0.4 is 10.6 Å². The van der Waals surface area contributed by atoms with Crippen LogP contribution in [0.2, 0.25) is 0 Å². The molecule has 0 saturated heterocycles. The second kappa shape index (κ2) is 9.45. The monoisotopic (exact) mass is 327 g/mol. The van der Waals surface area contributed by atoms with Gasteiger partial charge in [-0.25, -0.2) is 0 Å². The van der Waals surface area contributed by atoms with E-state index in [1.165, 1.54) is 19.3 Å². The topological polar surface area (TPSA) is 64.1 Å². The third-order valence-electron chi connectivity index (χ3n) is 5.16. The largest absolute Gasteiger partial charge is 0.382 e. The molecular formula is C17H33N3O3. The summed E-state index contributed by atoms with van der Waals surface area (Å²) in [6, 6.07) is 0.497. The Morgan fingerprint density at radius 3 is 2.70 bits per heavy atom. The summed E-state index contributed by atoms with van der Waals surface area (Å²) in [6.45, 7) is 5.82. The van der Waals surface area contributed by atoms with Gasteiger partial charge in [0.2, 0.25) is 0 Å². The summed E-state index contributed by atoms with van der Waals surface area (Å²) in [5, 5.41) is 6.97. The average Bonchev–Trinajstić information content (AvgIpc) is 2.49. The van der Waals surface area contributed by atoms with Crippen molar-refractivity contribution < 1.29 is 14.2 Å². The molecule has 0 amide bonds. The van der Waals surface area contributed by atoms with Crippen LogP contribution in [-0.4, -0.2) is 65.2 Å². The lowest BCUT2D eigenvalue weighted by Gasteiger charge is -2.61. The molecule has 1 spiro atoms. The molecule has 0 aromatic rings. The van der Waals surface area contributed by atoms with Gasteiger partial charge in [-0.3, -0.25) is 4.99 Å². The van der Waals surface area contributed by atoms with Crippen LogP contribution in [0.25, 0.3) is 0 Å². The number of hydrogen-bond acceptors (Lipinski definition) is 4. The van der Waals surface area contributed by atoms with E-state index in [0.717, 1.165) is 38.6 Å². The maximum absolute atomic E-state index is 5.90. The van der Waals surface area contributed by atoms with Crippen molar-refractivity contribution in [3.8, 4) is 0 Å². The van der Waals surface area contributed by atoms with Gasteiger partial charge in [-0.05, 0) is 32.6 Å². The van der Waals surface area contributed by atoms with Gasteiger partial charge in [0.25, 0.3) is 0 Å². The molecular weight excluding hydrogens is 294 g/mol. The molecule has 6 nitrogen and oxygen atoms in total. The molecule has 2 atom stereocenters. The minimum absolute atomic E-state index is 0.358. The van der Waals surface area contributed by atoms with E-state index in [1.807, 2.05) is 7.05 Å². The van der Waals surface area contributed by atoms with Gasteiger partial charge in [0.05, 0.1) is 19.3 Å². The highest BCUT2D eigenvalue weighted by atomic mass is 16.5. The molecule has 6 heteroatoms. The zero-order chi connectivity index (χ0) is 16.5. The van der Waals surface area contributed by atoms with E-state index < -0.39 is 0 Å². The van der Waals surface area contributed by atoms with Crippen LogP contribution in [-0.2, 0) is 14.2 Å². The number of guanidine groups is 1. The van der Waals surface area contributed by atoms with Gasteiger partial charge in [0.15, 0.2) is 5.96 Å². The first-order chi connectivity index (χ1) is 11.3. The van der Waals surface area contributed by atoms with Gasteiger partial charge in [0.1, 0.15) is 0 Å². The molecule has 23 heavy (non-hydrogen) atoms. The molecule has 0 aliphatic heterocycles. The van der Waals surface area contributed by atoms with E-state index in [4.69, 9.17) is 14.2 Å². The molecule has 2 saturated carbocycles. The lowest BCUT2D eigenvalue weighted by molar-refractivity contribution is -0.168. The summed E-state index contributed by atoms with van der Waals surface area (Å²) in [7, 11) is 3.52. The fourth-order valence-electron chi connectivity index (χ4n) is 3.63. The molecule has 2 fully saturated rings. The third kappa shape index (κ3) is 4.58. The van der Waals surface area contributed by atoms with E-state index in [1.54, 1.807) is 7.11 Å². The summed E-state index contributed by atoms with van der Waals surface area (Å²) < 4.78 is 16.3. The minimum Gasteiger partial charge on any atom is -0.382 e. The molecule has 0 aromatic carbocycles. The lowest BCUT2D eigenvalue weighted by Crippen LogP contribution is -2.68. The number of aliphatic imine (C=N–C) groups is 1. The van der Waals surface area contributed by atoms with Gasteiger partial charge >= 0.3 is 0 Å². The van der Waals surface area contributed by atoms with E-state index in [0.29, 0.717) is 30.8 Å². The van der Waals surface area contributed by atoms with Crippen molar-refractivity contribution in [3.05, 3.63) is 0 Å². The van der Waals surface area contributed by atoms with Gasteiger partial charge in [-0.1, -0.05) is 6.42 Å². The van der Waals surface area contributed by atoms with Gasteiger partial charge < -0.3 is 24.8 Å². The van der Waals surface area contributed by atoms with Crippen molar-refractivity contribution in [2.24, 2.45) is 10.4 Å². The summed E-state index contributed by atoms with van der Waals surface area (Å²) in [5.74, 6) is 0.896. The van der Waals surface area contributed by atoms with E-state index in [9.17, 15) is 0 Å². The Balaban J connectivity index is 1.64. The van der Waals surface area contributed by atoms with Crippen molar-refractivity contribution in [2.75, 3.05) is 47.1 Å². The van der Waals surface area contributed by atoms with Crippen molar-refractivity contribution in [1.29, 1.82) is 0 Å². The Morgan fingerprint density at radius 2 is 2.09 bits per heavy atom. The van der Waals surface area contributed by atoms with E-state index in [2.05, 4.69) is 22.5 Å². The SMILES string of the molecule is CCOC1CC(NC(=NC)NCCCOCCOC)C12CCC2. The normalized spacial score (nSPS) is 25.8. The zero-order valence-electron chi connectivity index (χ0n) is 14.9. The van der Waals surface area contributed by atoms with E-state index in [-0.39, 0.29) is 0 Å². The molecule has 134 valence electrons. The van der Waals surface area contributed by atoms with Crippen LogP contribution in [0, 0.1) is 5.41 Å². The Kier molecular flexibility index (Phi) is 7.59. The number of ether oxygens (including phenoxy) is 3. The molecule has 2 unspecified atom stereocenters. The van der Waals surface area contributed by atoms with Crippen molar-refractivity contribution in [2.45, 2.75) is 51.2 Å². The molecule has 2 aliphatic carbocycles. The third-order valence-corrected chi connectivity index (χ3v) is 5.16. The number of nitrogens with one attached hydrogen (secondary N) is 2. The van der Waals surface area contributed by atoms with Crippen molar-refractivity contribution in [1.82, 2.24) is 10.6 Å². The molecule has 2 rings (SSSR count). The number of hydrogen-bond donors (Lipinski definition) is 2.